The van der Waals surface area contributed by atoms with Crippen LogP contribution in [0.4, 0.5) is 21.2 Å². The van der Waals surface area contributed by atoms with E-state index in [4.69, 9.17) is 32.5 Å². The summed E-state index contributed by atoms with van der Waals surface area (Å²) in [7, 11) is 0. The lowest BCUT2D eigenvalue weighted by molar-refractivity contribution is 0.0259. The monoisotopic (exact) mass is 814 g/mol. The molecule has 6 rings (SSSR count). The zero-order valence-corrected chi connectivity index (χ0v) is 35.7. The van der Waals surface area contributed by atoms with Crippen LogP contribution in [0.3, 0.4) is 0 Å². The quantitative estimate of drug-likeness (QED) is 0.139. The predicted molar refractivity (Wildman–Crippen MR) is 231 cm³/mol. The largest absolute Gasteiger partial charge is 0.508 e. The summed E-state index contributed by atoms with van der Waals surface area (Å²) in [5, 5.41) is 13.8. The van der Waals surface area contributed by atoms with Gasteiger partial charge in [-0.25, -0.2) is 34.5 Å². The second-order valence-corrected chi connectivity index (χ2v) is 15.0. The van der Waals surface area contributed by atoms with Crippen LogP contribution in [0.2, 0.25) is 5.15 Å². The zero-order chi connectivity index (χ0) is 43.2. The third kappa shape index (κ3) is 13.8. The van der Waals surface area contributed by atoms with Gasteiger partial charge < -0.3 is 35.8 Å². The van der Waals surface area contributed by atoms with Gasteiger partial charge in [0.15, 0.2) is 0 Å². The summed E-state index contributed by atoms with van der Waals surface area (Å²) in [6.07, 6.45) is 5.60. The minimum Gasteiger partial charge on any atom is -0.508 e. The number of halogens is 1. The fraction of sp³-hybridized carbons (Fsp3) is 0.381. The molecule has 4 aromatic heterocycles. The summed E-state index contributed by atoms with van der Waals surface area (Å²) in [6.45, 7) is 21.8. The summed E-state index contributed by atoms with van der Waals surface area (Å²) in [5.74, 6) is 1.03. The number of ether oxygens (including phenoxy) is 2. The van der Waals surface area contributed by atoms with Crippen LogP contribution >= 0.6 is 11.6 Å². The van der Waals surface area contributed by atoms with Gasteiger partial charge in [0.1, 0.15) is 46.4 Å². The number of fused-ring (bicyclic) bond motifs is 3. The minimum absolute atomic E-state index is 0.206. The first-order valence-corrected chi connectivity index (χ1v) is 19.2. The summed E-state index contributed by atoms with van der Waals surface area (Å²) >= 11 is 5.66. The van der Waals surface area contributed by atoms with Crippen LogP contribution in [0.15, 0.2) is 73.6 Å². The molecular weight excluding hydrogens is 760 g/mol. The van der Waals surface area contributed by atoms with E-state index in [1.807, 2.05) is 99.6 Å². The fourth-order valence-electron chi connectivity index (χ4n) is 5.19. The molecule has 0 fully saturated rings. The summed E-state index contributed by atoms with van der Waals surface area (Å²) < 4.78 is 10.3. The molecule has 58 heavy (non-hydrogen) atoms. The highest BCUT2D eigenvalue weighted by Crippen LogP contribution is 2.33. The number of hydrogen-bond acceptors (Lipinski definition) is 13. The maximum Gasteiger partial charge on any atom is 0.410 e. The number of rotatable bonds is 5. The van der Waals surface area contributed by atoms with Gasteiger partial charge in [-0.3, -0.25) is 4.98 Å². The standard InChI is InChI=1S/C17H12N4O.2C9H19NO2.C7H5ClN4/c18-17-14-8-19-15(7-16(14)20-9-21-17)13-6-11(22)5-10-3-1-2-4-12(10)13;2*1-6-10(7-2)8(11)12-9(3,4)5;8-6-1-5-4(2-10-6)7(9)12-3-11-5/h1-9,22H,(H2,18,20,21);2*6-7H2,1-5H3;1-3H,(H2,9,11,12). The Morgan fingerprint density at radius 2 is 1.12 bits per heavy atom. The molecule has 0 saturated heterocycles. The van der Waals surface area contributed by atoms with Gasteiger partial charge in [0.25, 0.3) is 0 Å². The zero-order valence-electron chi connectivity index (χ0n) is 34.9. The number of nitrogen functional groups attached to an aromatic ring is 2. The van der Waals surface area contributed by atoms with E-state index in [9.17, 15) is 14.7 Å². The minimum atomic E-state index is -0.389. The Labute approximate surface area is 344 Å². The molecule has 310 valence electrons. The van der Waals surface area contributed by atoms with E-state index in [1.165, 1.54) is 12.7 Å². The van der Waals surface area contributed by atoms with Crippen molar-refractivity contribution >= 4 is 68.0 Å². The maximum absolute atomic E-state index is 11.3. The van der Waals surface area contributed by atoms with Gasteiger partial charge in [0.2, 0.25) is 0 Å². The number of aromatic hydroxyl groups is 1. The third-order valence-electron chi connectivity index (χ3n) is 8.02. The van der Waals surface area contributed by atoms with Crippen molar-refractivity contribution < 1.29 is 24.2 Å². The van der Waals surface area contributed by atoms with Crippen molar-refractivity contribution in [1.29, 1.82) is 0 Å². The van der Waals surface area contributed by atoms with Crippen molar-refractivity contribution in [2.45, 2.75) is 80.4 Å². The van der Waals surface area contributed by atoms with Crippen molar-refractivity contribution in [3.8, 4) is 17.0 Å². The maximum atomic E-state index is 11.3. The Hall–Kier alpha value is -6.09. The van der Waals surface area contributed by atoms with Gasteiger partial charge in [0.05, 0.1) is 27.5 Å². The first-order valence-electron chi connectivity index (χ1n) is 18.9. The number of phenols is 1. The number of pyridine rings is 2. The first-order chi connectivity index (χ1) is 27.3. The van der Waals surface area contributed by atoms with Gasteiger partial charge in [0, 0.05) is 50.2 Å². The van der Waals surface area contributed by atoms with Crippen LogP contribution in [0.1, 0.15) is 69.2 Å². The molecule has 16 heteroatoms. The number of aromatic nitrogens is 6. The number of amides is 2. The number of carbonyl (C=O) groups is 2. The molecule has 2 amide bonds. The van der Waals surface area contributed by atoms with E-state index in [2.05, 4.69) is 29.9 Å². The molecular formula is C42H55ClN10O5. The van der Waals surface area contributed by atoms with Crippen LogP contribution in [-0.4, -0.2) is 94.4 Å². The molecule has 0 atom stereocenters. The lowest BCUT2D eigenvalue weighted by atomic mass is 10.0. The first kappa shape index (κ1) is 46.3. The fourth-order valence-corrected chi connectivity index (χ4v) is 5.34. The Morgan fingerprint density at radius 3 is 1.60 bits per heavy atom. The van der Waals surface area contributed by atoms with Crippen molar-refractivity contribution in [3.63, 3.8) is 0 Å². The lowest BCUT2D eigenvalue weighted by Gasteiger charge is -2.25. The number of benzene rings is 2. The molecule has 2 aromatic carbocycles. The molecule has 0 aliphatic heterocycles. The van der Waals surface area contributed by atoms with E-state index < -0.39 is 0 Å². The topological polar surface area (TPSA) is 209 Å². The third-order valence-corrected chi connectivity index (χ3v) is 8.23. The van der Waals surface area contributed by atoms with Gasteiger partial charge in [-0.1, -0.05) is 35.9 Å². The molecule has 0 radical (unpaired) electrons. The van der Waals surface area contributed by atoms with E-state index in [-0.39, 0.29) is 29.1 Å². The van der Waals surface area contributed by atoms with Crippen molar-refractivity contribution in [2.75, 3.05) is 37.6 Å². The highest BCUT2D eigenvalue weighted by Gasteiger charge is 2.20. The molecule has 5 N–H and O–H groups in total. The molecule has 0 bridgehead atoms. The number of nitrogens with two attached hydrogens (primary N) is 2. The Kier molecular flexibility index (Phi) is 16.7. The average Bonchev–Trinajstić information content (AvgIpc) is 3.15. The number of phenolic OH excluding ortho intramolecular Hbond substituents is 1. The molecule has 6 aromatic rings. The number of anilines is 2. The Morgan fingerprint density at radius 1 is 0.655 bits per heavy atom. The molecule has 15 nitrogen and oxygen atoms in total. The van der Waals surface area contributed by atoms with E-state index in [0.717, 1.165) is 38.3 Å². The van der Waals surface area contributed by atoms with E-state index in [1.54, 1.807) is 40.4 Å². The summed E-state index contributed by atoms with van der Waals surface area (Å²) in [6, 6.07) is 14.8. The van der Waals surface area contributed by atoms with Crippen LogP contribution in [0.25, 0.3) is 43.8 Å². The number of hydrogen-bond donors (Lipinski definition) is 3. The van der Waals surface area contributed by atoms with Crippen molar-refractivity contribution in [3.05, 3.63) is 78.7 Å². The Bertz CT molecular complexity index is 2250. The second-order valence-electron chi connectivity index (χ2n) is 14.6. The number of carbonyl (C=O) groups excluding carboxylic acids is 2. The summed E-state index contributed by atoms with van der Waals surface area (Å²) in [5.41, 5.74) is 13.6. The van der Waals surface area contributed by atoms with Crippen LogP contribution in [-0.2, 0) is 9.47 Å². The van der Waals surface area contributed by atoms with E-state index in [0.29, 0.717) is 48.5 Å². The van der Waals surface area contributed by atoms with E-state index >= 15 is 0 Å². The van der Waals surface area contributed by atoms with Gasteiger partial charge >= 0.3 is 12.2 Å². The highest BCUT2D eigenvalue weighted by atomic mass is 35.5. The molecule has 4 heterocycles. The average molecular weight is 815 g/mol. The van der Waals surface area contributed by atoms with Crippen LogP contribution < -0.4 is 11.5 Å². The predicted octanol–water partition coefficient (Wildman–Crippen LogP) is 8.92. The van der Waals surface area contributed by atoms with Crippen molar-refractivity contribution in [2.24, 2.45) is 0 Å². The highest BCUT2D eigenvalue weighted by molar-refractivity contribution is 6.30. The Balaban J connectivity index is 0.000000218. The number of nitrogens with zero attached hydrogens (tertiary/aromatic N) is 8. The molecule has 0 aliphatic rings. The molecule has 0 spiro atoms. The van der Waals surface area contributed by atoms with Crippen LogP contribution in [0, 0.1) is 0 Å². The smallest absolute Gasteiger partial charge is 0.410 e. The second kappa shape index (κ2) is 20.9. The van der Waals surface area contributed by atoms with Gasteiger partial charge in [-0.2, -0.15) is 0 Å². The molecule has 0 unspecified atom stereocenters. The van der Waals surface area contributed by atoms with Crippen molar-refractivity contribution in [1.82, 2.24) is 39.7 Å². The SMILES string of the molecule is CCN(CC)C(=O)OC(C)(C)C.CCN(CC)C(=O)OC(C)(C)C.Nc1ncnc2cc(-c3cc(O)cc4ccccc34)ncc12.Nc1ncnc2cc(Cl)ncc12. The lowest BCUT2D eigenvalue weighted by Crippen LogP contribution is -2.36. The molecule has 0 aliphatic carbocycles. The van der Waals surface area contributed by atoms with Gasteiger partial charge in [-0.15, -0.1) is 0 Å². The van der Waals surface area contributed by atoms with Crippen LogP contribution in [0.5, 0.6) is 5.75 Å². The summed E-state index contributed by atoms with van der Waals surface area (Å²) in [4.78, 5) is 50.3. The van der Waals surface area contributed by atoms with Gasteiger partial charge in [-0.05, 0) is 98.2 Å². The molecule has 0 saturated carbocycles. The normalized spacial score (nSPS) is 10.9.